The van der Waals surface area contributed by atoms with E-state index in [4.69, 9.17) is 5.11 Å². The van der Waals surface area contributed by atoms with E-state index in [1.807, 2.05) is 0 Å². The van der Waals surface area contributed by atoms with E-state index >= 15 is 0 Å². The Kier molecular flexibility index (Phi) is 1.53. The Labute approximate surface area is 84.6 Å². The van der Waals surface area contributed by atoms with Gasteiger partial charge in [-0.15, -0.1) is 5.10 Å². The Morgan fingerprint density at radius 1 is 1.53 bits per heavy atom. The van der Waals surface area contributed by atoms with Gasteiger partial charge in [-0.25, -0.2) is 9.78 Å². The predicted molar refractivity (Wildman–Crippen MR) is 49.7 cm³/mol. The van der Waals surface area contributed by atoms with Gasteiger partial charge in [0, 0.05) is 12.1 Å². The summed E-state index contributed by atoms with van der Waals surface area (Å²) in [5, 5.41) is 16.7. The van der Waals surface area contributed by atoms with Gasteiger partial charge < -0.3 is 5.11 Å². The highest BCUT2D eigenvalue weighted by Gasteiger charge is 2.30. The van der Waals surface area contributed by atoms with Crippen molar-refractivity contribution in [2.75, 3.05) is 0 Å². The third-order valence-electron chi connectivity index (χ3n) is 2.51. The summed E-state index contributed by atoms with van der Waals surface area (Å²) in [6.45, 7) is 0. The largest absolute Gasteiger partial charge is 0.477 e. The van der Waals surface area contributed by atoms with E-state index in [1.54, 1.807) is 0 Å². The first-order valence-corrected chi connectivity index (χ1v) is 4.71. The SMILES string of the molecule is O=C(O)c1ccnc2c(C3CC3)nnn12. The Bertz CT molecular complexity index is 544. The molecule has 0 bridgehead atoms. The second-order valence-electron chi connectivity index (χ2n) is 3.62. The van der Waals surface area contributed by atoms with E-state index in [1.165, 1.54) is 16.8 Å². The zero-order chi connectivity index (χ0) is 10.4. The Morgan fingerprint density at radius 2 is 2.33 bits per heavy atom. The van der Waals surface area contributed by atoms with Crippen LogP contribution >= 0.6 is 0 Å². The summed E-state index contributed by atoms with van der Waals surface area (Å²) in [5.41, 5.74) is 1.48. The molecule has 0 radical (unpaired) electrons. The van der Waals surface area contributed by atoms with Crippen LogP contribution in [0.25, 0.3) is 5.65 Å². The summed E-state index contributed by atoms with van der Waals surface area (Å²) in [7, 11) is 0. The molecule has 2 heterocycles. The number of hydrogen-bond donors (Lipinski definition) is 1. The second-order valence-corrected chi connectivity index (χ2v) is 3.62. The number of rotatable bonds is 2. The van der Waals surface area contributed by atoms with Gasteiger partial charge in [0.2, 0.25) is 0 Å². The maximum atomic E-state index is 10.9. The highest BCUT2D eigenvalue weighted by atomic mass is 16.4. The molecular weight excluding hydrogens is 196 g/mol. The molecule has 0 atom stereocenters. The van der Waals surface area contributed by atoms with Crippen molar-refractivity contribution in [2.24, 2.45) is 0 Å². The average Bonchev–Trinajstić information content (AvgIpc) is 2.97. The Balaban J connectivity index is 2.27. The van der Waals surface area contributed by atoms with Crippen LogP contribution in [0.5, 0.6) is 0 Å². The number of nitrogens with zero attached hydrogens (tertiary/aromatic N) is 4. The molecule has 0 amide bonds. The van der Waals surface area contributed by atoms with Crippen LogP contribution in [0.4, 0.5) is 0 Å². The minimum absolute atomic E-state index is 0.0967. The molecule has 0 unspecified atom stereocenters. The minimum Gasteiger partial charge on any atom is -0.477 e. The molecular formula is C9H8N4O2. The molecule has 0 saturated heterocycles. The second kappa shape index (κ2) is 2.75. The van der Waals surface area contributed by atoms with E-state index < -0.39 is 5.97 Å². The quantitative estimate of drug-likeness (QED) is 0.778. The third kappa shape index (κ3) is 1.18. The van der Waals surface area contributed by atoms with E-state index in [2.05, 4.69) is 15.3 Å². The van der Waals surface area contributed by atoms with Gasteiger partial charge in [0.15, 0.2) is 11.3 Å². The van der Waals surface area contributed by atoms with Crippen LogP contribution in [0.2, 0.25) is 0 Å². The predicted octanol–water partition coefficient (Wildman–Crippen LogP) is 0.700. The van der Waals surface area contributed by atoms with Crippen LogP contribution < -0.4 is 0 Å². The smallest absolute Gasteiger partial charge is 0.354 e. The lowest BCUT2D eigenvalue weighted by atomic mass is 10.3. The van der Waals surface area contributed by atoms with Crippen molar-refractivity contribution in [1.82, 2.24) is 19.8 Å². The number of carboxylic acid groups (broad SMARTS) is 1. The van der Waals surface area contributed by atoms with Crippen LogP contribution in [0.15, 0.2) is 12.3 Å². The molecule has 6 nitrogen and oxygen atoms in total. The number of aromatic carboxylic acids is 1. The lowest BCUT2D eigenvalue weighted by molar-refractivity contribution is 0.0687. The third-order valence-corrected chi connectivity index (χ3v) is 2.51. The van der Waals surface area contributed by atoms with Gasteiger partial charge in [-0.1, -0.05) is 5.21 Å². The van der Waals surface area contributed by atoms with Gasteiger partial charge in [-0.05, 0) is 18.9 Å². The van der Waals surface area contributed by atoms with Crippen molar-refractivity contribution < 1.29 is 9.90 Å². The van der Waals surface area contributed by atoms with Crippen molar-refractivity contribution in [3.63, 3.8) is 0 Å². The van der Waals surface area contributed by atoms with Crippen LogP contribution in [0, 0.1) is 0 Å². The zero-order valence-electron chi connectivity index (χ0n) is 7.79. The van der Waals surface area contributed by atoms with E-state index in [0.29, 0.717) is 11.6 Å². The summed E-state index contributed by atoms with van der Waals surface area (Å²) in [6, 6.07) is 1.42. The molecule has 1 fully saturated rings. The fraction of sp³-hybridized carbons (Fsp3) is 0.333. The summed E-state index contributed by atoms with van der Waals surface area (Å²) in [4.78, 5) is 15.0. The summed E-state index contributed by atoms with van der Waals surface area (Å²) in [6.07, 6.45) is 3.66. The van der Waals surface area contributed by atoms with Crippen LogP contribution in [0.1, 0.15) is 34.9 Å². The van der Waals surface area contributed by atoms with Crippen molar-refractivity contribution in [3.05, 3.63) is 23.7 Å². The molecule has 2 aromatic rings. The normalized spacial score (nSPS) is 15.7. The van der Waals surface area contributed by atoms with Crippen LogP contribution in [-0.2, 0) is 0 Å². The van der Waals surface area contributed by atoms with E-state index in [0.717, 1.165) is 18.5 Å². The maximum absolute atomic E-state index is 10.9. The Morgan fingerprint density at radius 3 is 3.00 bits per heavy atom. The zero-order valence-corrected chi connectivity index (χ0v) is 7.79. The lowest BCUT2D eigenvalue weighted by Crippen LogP contribution is -2.06. The number of aromatic nitrogens is 4. The van der Waals surface area contributed by atoms with E-state index in [9.17, 15) is 4.79 Å². The van der Waals surface area contributed by atoms with Crippen molar-refractivity contribution in [2.45, 2.75) is 18.8 Å². The number of fused-ring (bicyclic) bond motifs is 1. The van der Waals surface area contributed by atoms with Crippen LogP contribution in [-0.4, -0.2) is 30.9 Å². The average molecular weight is 204 g/mol. The topological polar surface area (TPSA) is 80.4 Å². The monoisotopic (exact) mass is 204 g/mol. The number of carboxylic acids is 1. The minimum atomic E-state index is -1.02. The first kappa shape index (κ1) is 8.34. The lowest BCUT2D eigenvalue weighted by Gasteiger charge is -1.97. The molecule has 76 valence electrons. The molecule has 1 aliphatic carbocycles. The van der Waals surface area contributed by atoms with Gasteiger partial charge in [-0.3, -0.25) is 0 Å². The van der Waals surface area contributed by atoms with Crippen molar-refractivity contribution >= 4 is 11.6 Å². The fourth-order valence-electron chi connectivity index (χ4n) is 1.60. The molecule has 0 aromatic carbocycles. The highest BCUT2D eigenvalue weighted by molar-refractivity contribution is 5.86. The molecule has 15 heavy (non-hydrogen) atoms. The molecule has 6 heteroatoms. The van der Waals surface area contributed by atoms with Gasteiger partial charge >= 0.3 is 5.97 Å². The molecule has 0 aliphatic heterocycles. The van der Waals surface area contributed by atoms with Gasteiger partial charge in [0.25, 0.3) is 0 Å². The number of hydrogen-bond acceptors (Lipinski definition) is 4. The van der Waals surface area contributed by atoms with Gasteiger partial charge in [0.05, 0.1) is 0 Å². The molecule has 1 saturated carbocycles. The van der Waals surface area contributed by atoms with Gasteiger partial charge in [-0.2, -0.15) is 4.52 Å². The molecule has 3 rings (SSSR count). The summed E-state index contributed by atoms with van der Waals surface area (Å²) in [5.74, 6) is -0.603. The van der Waals surface area contributed by atoms with Crippen molar-refractivity contribution in [3.8, 4) is 0 Å². The van der Waals surface area contributed by atoms with Crippen LogP contribution in [0.3, 0.4) is 0 Å². The summed E-state index contributed by atoms with van der Waals surface area (Å²) < 4.78 is 1.29. The maximum Gasteiger partial charge on any atom is 0.354 e. The Hall–Kier alpha value is -1.98. The summed E-state index contributed by atoms with van der Waals surface area (Å²) >= 11 is 0. The highest BCUT2D eigenvalue weighted by Crippen LogP contribution is 2.40. The van der Waals surface area contributed by atoms with Crippen molar-refractivity contribution in [1.29, 1.82) is 0 Å². The number of carbonyl (C=O) groups is 1. The first-order chi connectivity index (χ1) is 7.27. The standard InChI is InChI=1S/C9H8N4O2/c14-9(15)6-3-4-10-8-7(5-1-2-5)11-12-13(6)8/h3-5H,1-2H2,(H,14,15). The molecule has 0 spiro atoms. The molecule has 2 aromatic heterocycles. The molecule has 1 aliphatic rings. The molecule has 1 N–H and O–H groups in total. The van der Waals surface area contributed by atoms with Gasteiger partial charge in [0.1, 0.15) is 5.69 Å². The van der Waals surface area contributed by atoms with E-state index in [-0.39, 0.29) is 5.69 Å². The first-order valence-electron chi connectivity index (χ1n) is 4.71. The fourth-order valence-corrected chi connectivity index (χ4v) is 1.60.